The van der Waals surface area contributed by atoms with Crippen molar-refractivity contribution >= 4 is 13.7 Å². The van der Waals surface area contributed by atoms with Crippen LogP contribution >= 0.6 is 7.82 Å². The molecule has 0 bridgehead atoms. The Labute approximate surface area is 97.2 Å². The summed E-state index contributed by atoms with van der Waals surface area (Å²) < 4.78 is 23.7. The van der Waals surface area contributed by atoms with E-state index in [1.165, 1.54) is 27.2 Å². The van der Waals surface area contributed by atoms with Crippen molar-refractivity contribution in [3.05, 3.63) is 0 Å². The predicted molar refractivity (Wildman–Crippen MR) is 63.9 cm³/mol. The number of nitrogens with zero attached hydrogens (tertiary/aromatic N) is 2. The minimum Gasteiger partial charge on any atom is -0.359 e. The van der Waals surface area contributed by atoms with Gasteiger partial charge in [-0.05, 0) is 13.8 Å². The van der Waals surface area contributed by atoms with Gasteiger partial charge < -0.3 is 4.90 Å². The molecule has 0 saturated heterocycles. The van der Waals surface area contributed by atoms with E-state index in [9.17, 15) is 4.57 Å². The number of phosphoric acid groups is 1. The van der Waals surface area contributed by atoms with Gasteiger partial charge in [-0.1, -0.05) is 0 Å². The Morgan fingerprint density at radius 3 is 1.94 bits per heavy atom. The lowest BCUT2D eigenvalue weighted by molar-refractivity contribution is 0.178. The third kappa shape index (κ3) is 5.07. The van der Waals surface area contributed by atoms with Crippen LogP contribution in [0.4, 0.5) is 0 Å². The highest BCUT2D eigenvalue weighted by Crippen LogP contribution is 2.46. The normalized spacial score (nSPS) is 15.6. The lowest BCUT2D eigenvalue weighted by atomic mass is 10.5. The summed E-state index contributed by atoms with van der Waals surface area (Å²) in [5.41, 5.74) is 0. The number of hydrogen-bond acceptors (Lipinski definition) is 6. The zero-order valence-electron chi connectivity index (χ0n) is 10.6. The smallest absolute Gasteiger partial charge is 0.359 e. The first-order chi connectivity index (χ1) is 7.52. The first kappa shape index (κ1) is 15.6. The van der Waals surface area contributed by atoms with E-state index in [0.29, 0.717) is 0 Å². The van der Waals surface area contributed by atoms with Crippen LogP contribution in [0.3, 0.4) is 0 Å². The van der Waals surface area contributed by atoms with E-state index < -0.39 is 7.82 Å². The molecule has 96 valence electrons. The van der Waals surface area contributed by atoms with Crippen molar-refractivity contribution in [1.29, 1.82) is 0 Å². The number of rotatable bonds is 4. The minimum absolute atomic E-state index is 1.000. The Hall–Kier alpha value is -0.420. The quantitative estimate of drug-likeness (QED) is 0.714. The highest BCUT2D eigenvalue weighted by Gasteiger charge is 2.18. The molecule has 7 heteroatoms. The van der Waals surface area contributed by atoms with Gasteiger partial charge in [0, 0.05) is 34.4 Å². The van der Waals surface area contributed by atoms with E-state index in [2.05, 4.69) is 37.3 Å². The van der Waals surface area contributed by atoms with E-state index in [1.807, 2.05) is 0 Å². The largest absolute Gasteiger partial charge is 0.473 e. The van der Waals surface area contributed by atoms with E-state index in [0.717, 1.165) is 19.6 Å². The van der Waals surface area contributed by atoms with Crippen LogP contribution in [0.5, 0.6) is 0 Å². The second-order valence-electron chi connectivity index (χ2n) is 3.00. The Morgan fingerprint density at radius 1 is 1.31 bits per heavy atom. The molecule has 0 saturated carbocycles. The molecule has 0 unspecified atom stereocenters. The zero-order chi connectivity index (χ0) is 12.6. The summed E-state index contributed by atoms with van der Waals surface area (Å²) in [4.78, 5) is 6.51. The molecular weight excluding hydrogens is 231 g/mol. The summed E-state index contributed by atoms with van der Waals surface area (Å²) in [5.74, 6) is 1.20. The third-order valence-corrected chi connectivity index (χ3v) is 3.56. The van der Waals surface area contributed by atoms with Crippen LogP contribution < -0.4 is 0 Å². The fourth-order valence-electron chi connectivity index (χ4n) is 1.20. The van der Waals surface area contributed by atoms with Crippen LogP contribution in [0.15, 0.2) is 4.99 Å². The molecule has 1 rings (SSSR count). The van der Waals surface area contributed by atoms with Gasteiger partial charge in [0.05, 0.1) is 12.4 Å². The van der Waals surface area contributed by atoms with E-state index in [1.54, 1.807) is 0 Å². The Balaban J connectivity index is 0.000000281. The fourth-order valence-corrected chi connectivity index (χ4v) is 1.65. The Morgan fingerprint density at radius 2 is 1.81 bits per heavy atom. The molecule has 0 amide bonds. The van der Waals surface area contributed by atoms with Crippen LogP contribution in [0.1, 0.15) is 13.8 Å². The van der Waals surface area contributed by atoms with Gasteiger partial charge in [0.2, 0.25) is 0 Å². The van der Waals surface area contributed by atoms with Crippen LogP contribution in [0.25, 0.3) is 0 Å². The first-order valence-corrected chi connectivity index (χ1v) is 6.52. The maximum Gasteiger partial charge on any atom is 0.473 e. The number of amidine groups is 1. The minimum atomic E-state index is -3.16. The van der Waals surface area contributed by atoms with Gasteiger partial charge in [-0.3, -0.25) is 18.6 Å². The van der Waals surface area contributed by atoms with Crippen molar-refractivity contribution in [1.82, 2.24) is 4.90 Å². The molecule has 16 heavy (non-hydrogen) atoms. The summed E-state index contributed by atoms with van der Waals surface area (Å²) in [6.07, 6.45) is 0. The summed E-state index contributed by atoms with van der Waals surface area (Å²) in [5, 5.41) is 0. The van der Waals surface area contributed by atoms with Gasteiger partial charge in [-0.2, -0.15) is 0 Å². The van der Waals surface area contributed by atoms with E-state index >= 15 is 0 Å². The van der Waals surface area contributed by atoms with Crippen molar-refractivity contribution < 1.29 is 18.1 Å². The van der Waals surface area contributed by atoms with Crippen molar-refractivity contribution in [2.24, 2.45) is 4.99 Å². The molecule has 1 heterocycles. The van der Waals surface area contributed by atoms with Crippen molar-refractivity contribution in [2.45, 2.75) is 13.8 Å². The number of likely N-dealkylation sites (N-methyl/N-ethyl adjacent to an activating group) is 1. The maximum atomic E-state index is 10.7. The SMILES string of the molecule is CCN1CCN=C1C.COP(=O)(OC)OC. The highest BCUT2D eigenvalue weighted by atomic mass is 31.2. The Bertz CT molecular complexity index is 251. The Kier molecular flexibility index (Phi) is 7.58. The predicted octanol–water partition coefficient (Wildman–Crippen LogP) is 1.77. The van der Waals surface area contributed by atoms with Crippen LogP contribution in [0.2, 0.25) is 0 Å². The average Bonchev–Trinajstić information content (AvgIpc) is 2.74. The topological polar surface area (TPSA) is 60.4 Å². The summed E-state index contributed by atoms with van der Waals surface area (Å²) in [7, 11) is 0.611. The van der Waals surface area contributed by atoms with Gasteiger partial charge in [0.1, 0.15) is 0 Å². The summed E-state index contributed by atoms with van der Waals surface area (Å²) in [6.45, 7) is 7.46. The van der Waals surface area contributed by atoms with Crippen molar-refractivity contribution in [3.63, 3.8) is 0 Å². The molecular formula is C9H21N2O4P. The van der Waals surface area contributed by atoms with E-state index in [-0.39, 0.29) is 0 Å². The van der Waals surface area contributed by atoms with Gasteiger partial charge in [-0.25, -0.2) is 4.57 Å². The molecule has 0 radical (unpaired) electrons. The molecule has 0 fully saturated rings. The summed E-state index contributed by atoms with van der Waals surface area (Å²) in [6, 6.07) is 0. The summed E-state index contributed by atoms with van der Waals surface area (Å²) >= 11 is 0. The molecule has 0 spiro atoms. The maximum absolute atomic E-state index is 10.7. The number of phosphoric ester groups is 1. The van der Waals surface area contributed by atoms with Crippen molar-refractivity contribution in [2.75, 3.05) is 41.0 Å². The van der Waals surface area contributed by atoms with Crippen LogP contribution in [-0.2, 0) is 18.1 Å². The number of aliphatic imine (C=N–C) groups is 1. The first-order valence-electron chi connectivity index (χ1n) is 5.06. The molecule has 0 N–H and O–H groups in total. The molecule has 1 aliphatic heterocycles. The average molecular weight is 252 g/mol. The van der Waals surface area contributed by atoms with Crippen molar-refractivity contribution in [3.8, 4) is 0 Å². The number of hydrogen-bond donors (Lipinski definition) is 0. The molecule has 0 aromatic carbocycles. The lowest BCUT2D eigenvalue weighted by Crippen LogP contribution is -2.24. The highest BCUT2D eigenvalue weighted by molar-refractivity contribution is 7.48. The molecule has 0 aromatic heterocycles. The second kappa shape index (κ2) is 7.79. The van der Waals surface area contributed by atoms with Gasteiger partial charge in [0.25, 0.3) is 0 Å². The molecule has 1 aliphatic rings. The fraction of sp³-hybridized carbons (Fsp3) is 0.889. The van der Waals surface area contributed by atoms with Gasteiger partial charge in [0.15, 0.2) is 0 Å². The molecule has 0 aromatic rings. The van der Waals surface area contributed by atoms with Crippen LogP contribution in [-0.4, -0.2) is 51.7 Å². The van der Waals surface area contributed by atoms with Gasteiger partial charge in [-0.15, -0.1) is 0 Å². The standard InChI is InChI=1S/C6H12N2.C3H9O4P/c1-3-8-5-4-7-6(8)2;1-5-8(4,6-2)7-3/h3-5H2,1-2H3;1-3H3. The molecule has 0 aliphatic carbocycles. The third-order valence-electron chi connectivity index (χ3n) is 2.22. The molecule has 6 nitrogen and oxygen atoms in total. The van der Waals surface area contributed by atoms with Gasteiger partial charge >= 0.3 is 7.82 Å². The van der Waals surface area contributed by atoms with Crippen LogP contribution in [0, 0.1) is 0 Å². The zero-order valence-corrected chi connectivity index (χ0v) is 11.5. The molecule has 0 atom stereocenters. The second-order valence-corrected chi connectivity index (χ2v) is 4.99. The monoisotopic (exact) mass is 252 g/mol. The lowest BCUT2D eigenvalue weighted by Gasteiger charge is -2.13. The van der Waals surface area contributed by atoms with E-state index in [4.69, 9.17) is 0 Å².